The maximum Gasteiger partial charge on any atom is 0.307 e. The van der Waals surface area contributed by atoms with Gasteiger partial charge in [-0.15, -0.1) is 0 Å². The maximum atomic E-state index is 12.5. The fourth-order valence-corrected chi connectivity index (χ4v) is 4.01. The highest BCUT2D eigenvalue weighted by Crippen LogP contribution is 2.37. The van der Waals surface area contributed by atoms with Gasteiger partial charge in [-0.3, -0.25) is 4.79 Å². The number of carbonyl (C=O) groups is 1. The van der Waals surface area contributed by atoms with Crippen LogP contribution in [-0.2, 0) is 6.61 Å². The van der Waals surface area contributed by atoms with Crippen LogP contribution in [0.3, 0.4) is 0 Å². The quantitative estimate of drug-likeness (QED) is 0.211. The van der Waals surface area contributed by atoms with Crippen molar-refractivity contribution in [2.24, 2.45) is 5.10 Å². The van der Waals surface area contributed by atoms with Gasteiger partial charge in [0.1, 0.15) is 6.61 Å². The van der Waals surface area contributed by atoms with Crippen molar-refractivity contribution in [2.75, 3.05) is 14.2 Å². The summed E-state index contributed by atoms with van der Waals surface area (Å²) in [5.41, 5.74) is 4.50. The second-order valence-electron chi connectivity index (χ2n) is 7.10. The number of nitrogens with one attached hydrogen (secondary N) is 1. The zero-order valence-corrected chi connectivity index (χ0v) is 20.6. The molecule has 0 radical (unpaired) electrons. The average molecular weight is 544 g/mol. The van der Waals surface area contributed by atoms with Crippen LogP contribution in [0.25, 0.3) is 11.0 Å². The van der Waals surface area contributed by atoms with Crippen molar-refractivity contribution in [2.45, 2.75) is 6.61 Å². The Morgan fingerprint density at radius 2 is 1.88 bits per heavy atom. The van der Waals surface area contributed by atoms with E-state index in [1.807, 2.05) is 36.4 Å². The molecule has 0 fully saturated rings. The summed E-state index contributed by atoms with van der Waals surface area (Å²) in [6.45, 7) is 0.278. The normalized spacial score (nSPS) is 11.1. The van der Waals surface area contributed by atoms with Crippen molar-refractivity contribution in [1.82, 2.24) is 5.43 Å². The molecule has 4 rings (SSSR count). The molecule has 0 aliphatic rings. The van der Waals surface area contributed by atoms with Crippen molar-refractivity contribution in [3.05, 3.63) is 87.0 Å². The number of hydrazone groups is 1. The molecule has 1 N–H and O–H groups in total. The minimum Gasteiger partial charge on any atom is -0.493 e. The number of benzene rings is 3. The monoisotopic (exact) mass is 542 g/mol. The van der Waals surface area contributed by atoms with E-state index < -0.39 is 5.91 Å². The summed E-state index contributed by atoms with van der Waals surface area (Å²) < 4.78 is 23.0. The highest BCUT2D eigenvalue weighted by molar-refractivity contribution is 9.10. The van der Waals surface area contributed by atoms with Crippen LogP contribution in [0, 0.1) is 0 Å². The fourth-order valence-electron chi connectivity index (χ4n) is 3.25. The van der Waals surface area contributed by atoms with Crippen molar-refractivity contribution < 1.29 is 23.4 Å². The standard InChI is InChI=1S/C25H20BrClN2O5/c1-31-20-9-5-7-16-12-22(34-23(16)20)25(30)29-28-13-15-10-18(26)24(21(11-15)32-2)33-14-17-6-3-4-8-19(17)27/h3-13H,14H2,1-2H3,(H,29,30)/b28-13-. The minimum atomic E-state index is -0.486. The smallest absolute Gasteiger partial charge is 0.307 e. The highest BCUT2D eigenvalue weighted by Gasteiger charge is 2.15. The summed E-state index contributed by atoms with van der Waals surface area (Å²) in [5.74, 6) is 1.21. The lowest BCUT2D eigenvalue weighted by atomic mass is 10.2. The van der Waals surface area contributed by atoms with Gasteiger partial charge in [-0.2, -0.15) is 5.10 Å². The third-order valence-corrected chi connectivity index (χ3v) is 5.87. The summed E-state index contributed by atoms with van der Waals surface area (Å²) in [4.78, 5) is 12.5. The van der Waals surface area contributed by atoms with E-state index in [1.54, 1.807) is 38.5 Å². The first-order valence-electron chi connectivity index (χ1n) is 10.1. The van der Waals surface area contributed by atoms with E-state index in [1.165, 1.54) is 6.21 Å². The number of halogens is 2. The molecule has 9 heteroatoms. The Kier molecular flexibility index (Phi) is 7.40. The van der Waals surface area contributed by atoms with Gasteiger partial charge in [0.25, 0.3) is 0 Å². The number of ether oxygens (including phenoxy) is 3. The van der Waals surface area contributed by atoms with Crippen LogP contribution in [0.2, 0.25) is 5.02 Å². The van der Waals surface area contributed by atoms with Crippen molar-refractivity contribution in [3.63, 3.8) is 0 Å². The average Bonchev–Trinajstić information content (AvgIpc) is 3.28. The number of methoxy groups -OCH3 is 2. The zero-order chi connectivity index (χ0) is 24.1. The van der Waals surface area contributed by atoms with E-state index in [4.69, 9.17) is 30.2 Å². The molecule has 174 valence electrons. The van der Waals surface area contributed by atoms with Gasteiger partial charge < -0.3 is 18.6 Å². The van der Waals surface area contributed by atoms with Crippen molar-refractivity contribution in [1.29, 1.82) is 0 Å². The van der Waals surface area contributed by atoms with E-state index in [0.29, 0.717) is 37.9 Å². The van der Waals surface area contributed by atoms with Gasteiger partial charge in [0.05, 0.1) is 24.9 Å². The molecule has 0 atom stereocenters. The molecule has 34 heavy (non-hydrogen) atoms. The van der Waals surface area contributed by atoms with Gasteiger partial charge in [0.2, 0.25) is 0 Å². The summed E-state index contributed by atoms with van der Waals surface area (Å²) in [6.07, 6.45) is 1.49. The first kappa shape index (κ1) is 23.7. The number of nitrogens with zero attached hydrogens (tertiary/aromatic N) is 1. The summed E-state index contributed by atoms with van der Waals surface area (Å²) in [7, 11) is 3.09. The topological polar surface area (TPSA) is 82.3 Å². The molecule has 7 nitrogen and oxygen atoms in total. The molecule has 0 aliphatic heterocycles. The molecule has 1 amide bonds. The predicted octanol–water partition coefficient (Wildman–Crippen LogP) is 6.21. The highest BCUT2D eigenvalue weighted by atomic mass is 79.9. The molecule has 0 spiro atoms. The van der Waals surface area contributed by atoms with E-state index in [-0.39, 0.29) is 12.4 Å². The minimum absolute atomic E-state index is 0.124. The molecule has 0 bridgehead atoms. The summed E-state index contributed by atoms with van der Waals surface area (Å²) in [5, 5.41) is 5.42. The SMILES string of the molecule is COc1cc(/C=N\NC(=O)c2cc3cccc(OC)c3o2)cc(Br)c1OCc1ccccc1Cl. The number of rotatable bonds is 8. The summed E-state index contributed by atoms with van der Waals surface area (Å²) >= 11 is 9.71. The van der Waals surface area contributed by atoms with Gasteiger partial charge >= 0.3 is 5.91 Å². The lowest BCUT2D eigenvalue weighted by molar-refractivity contribution is 0.0929. The molecule has 0 aliphatic carbocycles. The molecule has 3 aromatic carbocycles. The van der Waals surface area contributed by atoms with Crippen LogP contribution < -0.4 is 19.6 Å². The molecule has 1 heterocycles. The Morgan fingerprint density at radius 3 is 2.65 bits per heavy atom. The van der Waals surface area contributed by atoms with Gasteiger partial charge in [-0.25, -0.2) is 5.43 Å². The van der Waals surface area contributed by atoms with Crippen molar-refractivity contribution in [3.8, 4) is 17.2 Å². The van der Waals surface area contributed by atoms with Crippen molar-refractivity contribution >= 4 is 50.6 Å². The third kappa shape index (κ3) is 5.18. The Labute approximate surface area is 209 Å². The number of hydrogen-bond donors (Lipinski definition) is 1. The van der Waals surface area contributed by atoms with Crippen LogP contribution in [0.15, 0.2) is 74.7 Å². The van der Waals surface area contributed by atoms with Crippen LogP contribution in [-0.4, -0.2) is 26.3 Å². The zero-order valence-electron chi connectivity index (χ0n) is 18.3. The Morgan fingerprint density at radius 1 is 1.09 bits per heavy atom. The van der Waals surface area contributed by atoms with Gasteiger partial charge in [0.15, 0.2) is 28.6 Å². The van der Waals surface area contributed by atoms with E-state index >= 15 is 0 Å². The first-order chi connectivity index (χ1) is 16.5. The Balaban J connectivity index is 1.46. The molecule has 0 saturated carbocycles. The largest absolute Gasteiger partial charge is 0.493 e. The van der Waals surface area contributed by atoms with Crippen LogP contribution >= 0.6 is 27.5 Å². The van der Waals surface area contributed by atoms with Gasteiger partial charge in [-0.1, -0.05) is 41.9 Å². The Bertz CT molecular complexity index is 1370. The molecule has 0 saturated heterocycles. The molecule has 0 unspecified atom stereocenters. The number of furan rings is 1. The molecule has 1 aromatic heterocycles. The number of hydrogen-bond acceptors (Lipinski definition) is 6. The van der Waals surface area contributed by atoms with Gasteiger partial charge in [0, 0.05) is 16.0 Å². The number of amides is 1. The van der Waals surface area contributed by atoms with Crippen LogP contribution in [0.4, 0.5) is 0 Å². The van der Waals surface area contributed by atoms with Crippen LogP contribution in [0.1, 0.15) is 21.7 Å². The number of para-hydroxylation sites is 1. The predicted molar refractivity (Wildman–Crippen MR) is 134 cm³/mol. The lowest BCUT2D eigenvalue weighted by Crippen LogP contribution is -2.16. The number of fused-ring (bicyclic) bond motifs is 1. The van der Waals surface area contributed by atoms with Gasteiger partial charge in [-0.05, 0) is 51.8 Å². The fraction of sp³-hybridized carbons (Fsp3) is 0.120. The number of carbonyl (C=O) groups excluding carboxylic acids is 1. The Hall–Kier alpha value is -3.49. The molecular formula is C25H20BrClN2O5. The van der Waals surface area contributed by atoms with E-state index in [9.17, 15) is 4.79 Å². The van der Waals surface area contributed by atoms with E-state index in [2.05, 4.69) is 26.5 Å². The summed E-state index contributed by atoms with van der Waals surface area (Å²) in [6, 6.07) is 18.1. The first-order valence-corrected chi connectivity index (χ1v) is 11.3. The maximum absolute atomic E-state index is 12.5. The van der Waals surface area contributed by atoms with E-state index in [0.717, 1.165) is 10.9 Å². The lowest BCUT2D eigenvalue weighted by Gasteiger charge is -2.14. The second-order valence-corrected chi connectivity index (χ2v) is 8.36. The van der Waals surface area contributed by atoms with Crippen LogP contribution in [0.5, 0.6) is 17.2 Å². The third-order valence-electron chi connectivity index (χ3n) is 4.91. The second kappa shape index (κ2) is 10.6. The molecule has 4 aromatic rings. The molecular weight excluding hydrogens is 524 g/mol.